The highest BCUT2D eigenvalue weighted by Gasteiger charge is 2.09. The monoisotopic (exact) mass is 216 g/mol. The normalized spacial score (nSPS) is 11.6. The van der Waals surface area contributed by atoms with E-state index in [2.05, 4.69) is 5.32 Å². The van der Waals surface area contributed by atoms with Gasteiger partial charge in [0.05, 0.1) is 12.0 Å². The summed E-state index contributed by atoms with van der Waals surface area (Å²) in [6.07, 6.45) is 0.240. The first kappa shape index (κ1) is 12.3. The Bertz CT molecular complexity index is 432. The highest BCUT2D eigenvalue weighted by molar-refractivity contribution is 5.91. The molecule has 84 valence electrons. The fourth-order valence-corrected chi connectivity index (χ4v) is 1.41. The number of hydrogen-bond acceptors (Lipinski definition) is 2. The molecule has 0 heterocycles. The molecule has 1 aromatic rings. The van der Waals surface area contributed by atoms with E-state index in [9.17, 15) is 4.79 Å². The Labute approximate surface area is 96.1 Å². The smallest absolute Gasteiger partial charge is 0.225 e. The third-order valence-electron chi connectivity index (χ3n) is 2.59. The number of nitriles is 1. The average Bonchev–Trinajstić information content (AvgIpc) is 2.24. The molecule has 1 N–H and O–H groups in total. The minimum absolute atomic E-state index is 0.109. The van der Waals surface area contributed by atoms with Crippen molar-refractivity contribution in [2.45, 2.75) is 27.2 Å². The number of nitrogens with zero attached hydrogens (tertiary/aromatic N) is 1. The van der Waals surface area contributed by atoms with Crippen molar-refractivity contribution in [2.75, 3.05) is 5.32 Å². The molecule has 0 aliphatic heterocycles. The third-order valence-corrected chi connectivity index (χ3v) is 2.59. The minimum atomic E-state index is -0.245. The number of nitrogens with one attached hydrogen (secondary N) is 1. The lowest BCUT2D eigenvalue weighted by Gasteiger charge is -2.10. The number of carbonyl (C=O) groups excluding carboxylic acids is 1. The van der Waals surface area contributed by atoms with Crippen molar-refractivity contribution >= 4 is 11.6 Å². The Morgan fingerprint density at radius 1 is 1.50 bits per heavy atom. The van der Waals surface area contributed by atoms with Gasteiger partial charge in [-0.15, -0.1) is 0 Å². The van der Waals surface area contributed by atoms with Gasteiger partial charge >= 0.3 is 0 Å². The van der Waals surface area contributed by atoms with Crippen molar-refractivity contribution in [3.8, 4) is 6.07 Å². The standard InChI is InChI=1S/C13H16N2O/c1-9(8-14)7-13(16)15-12-6-4-5-10(2)11(12)3/h4-6,9H,7H2,1-3H3,(H,15,16). The molecular formula is C13H16N2O. The Balaban J connectivity index is 2.71. The van der Waals surface area contributed by atoms with Crippen molar-refractivity contribution < 1.29 is 4.79 Å². The maximum absolute atomic E-state index is 11.6. The quantitative estimate of drug-likeness (QED) is 0.844. The lowest BCUT2D eigenvalue weighted by Crippen LogP contribution is -2.15. The average molecular weight is 216 g/mol. The van der Waals surface area contributed by atoms with Gasteiger partial charge in [-0.25, -0.2) is 0 Å². The van der Waals surface area contributed by atoms with Crippen LogP contribution in [0.2, 0.25) is 0 Å². The molecule has 1 unspecified atom stereocenters. The van der Waals surface area contributed by atoms with Gasteiger partial charge in [-0.05, 0) is 38.0 Å². The Hall–Kier alpha value is -1.82. The van der Waals surface area contributed by atoms with Crippen LogP contribution in [0.5, 0.6) is 0 Å². The summed E-state index contributed by atoms with van der Waals surface area (Å²) in [5.41, 5.74) is 3.04. The summed E-state index contributed by atoms with van der Waals surface area (Å²) in [6, 6.07) is 7.83. The van der Waals surface area contributed by atoms with Gasteiger partial charge in [0.1, 0.15) is 0 Å². The van der Waals surface area contributed by atoms with Crippen LogP contribution in [0.1, 0.15) is 24.5 Å². The van der Waals surface area contributed by atoms with E-state index >= 15 is 0 Å². The van der Waals surface area contributed by atoms with Crippen molar-refractivity contribution in [1.29, 1.82) is 5.26 Å². The predicted molar refractivity (Wildman–Crippen MR) is 63.9 cm³/mol. The number of carbonyl (C=O) groups is 1. The van der Waals surface area contributed by atoms with Gasteiger partial charge in [-0.1, -0.05) is 12.1 Å². The topological polar surface area (TPSA) is 52.9 Å². The van der Waals surface area contributed by atoms with Gasteiger partial charge in [0.15, 0.2) is 0 Å². The van der Waals surface area contributed by atoms with E-state index in [1.54, 1.807) is 6.92 Å². The summed E-state index contributed by atoms with van der Waals surface area (Å²) in [4.78, 5) is 11.6. The van der Waals surface area contributed by atoms with Crippen molar-refractivity contribution in [3.05, 3.63) is 29.3 Å². The molecule has 1 amide bonds. The zero-order valence-corrected chi connectivity index (χ0v) is 9.87. The number of aryl methyl sites for hydroxylation is 1. The summed E-state index contributed by atoms with van der Waals surface area (Å²) in [7, 11) is 0. The third kappa shape index (κ3) is 3.09. The molecule has 0 saturated carbocycles. The maximum atomic E-state index is 11.6. The Morgan fingerprint density at radius 3 is 2.81 bits per heavy atom. The first-order valence-electron chi connectivity index (χ1n) is 5.30. The van der Waals surface area contributed by atoms with Gasteiger partial charge < -0.3 is 5.32 Å². The van der Waals surface area contributed by atoms with E-state index in [1.807, 2.05) is 38.1 Å². The summed E-state index contributed by atoms with van der Waals surface area (Å²) in [5.74, 6) is -0.354. The summed E-state index contributed by atoms with van der Waals surface area (Å²) in [6.45, 7) is 5.71. The number of anilines is 1. The molecule has 1 aromatic carbocycles. The van der Waals surface area contributed by atoms with E-state index in [-0.39, 0.29) is 18.2 Å². The molecule has 0 aliphatic carbocycles. The molecule has 3 heteroatoms. The molecule has 0 spiro atoms. The predicted octanol–water partition coefficient (Wildman–Crippen LogP) is 2.79. The SMILES string of the molecule is Cc1cccc(NC(=O)CC(C)C#N)c1C. The molecule has 16 heavy (non-hydrogen) atoms. The zero-order valence-electron chi connectivity index (χ0n) is 9.87. The highest BCUT2D eigenvalue weighted by Crippen LogP contribution is 2.18. The number of benzene rings is 1. The minimum Gasteiger partial charge on any atom is -0.326 e. The molecule has 0 saturated heterocycles. The number of hydrogen-bond donors (Lipinski definition) is 1. The van der Waals surface area contributed by atoms with Crippen LogP contribution in [0.3, 0.4) is 0 Å². The van der Waals surface area contributed by atoms with Crippen molar-refractivity contribution in [1.82, 2.24) is 0 Å². The highest BCUT2D eigenvalue weighted by atomic mass is 16.1. The lowest BCUT2D eigenvalue weighted by atomic mass is 10.1. The second kappa shape index (κ2) is 5.32. The Morgan fingerprint density at radius 2 is 2.19 bits per heavy atom. The van der Waals surface area contributed by atoms with E-state index in [0.29, 0.717) is 0 Å². The van der Waals surface area contributed by atoms with Crippen molar-refractivity contribution in [2.24, 2.45) is 5.92 Å². The largest absolute Gasteiger partial charge is 0.326 e. The van der Waals surface area contributed by atoms with Gasteiger partial charge in [0, 0.05) is 12.1 Å². The molecular weight excluding hydrogens is 200 g/mol. The first-order chi connectivity index (χ1) is 7.54. The molecule has 0 bridgehead atoms. The van der Waals surface area contributed by atoms with Crippen LogP contribution in [-0.4, -0.2) is 5.91 Å². The van der Waals surface area contributed by atoms with E-state index in [4.69, 9.17) is 5.26 Å². The number of amides is 1. The fourth-order valence-electron chi connectivity index (χ4n) is 1.41. The second-order valence-electron chi connectivity index (χ2n) is 4.03. The van der Waals surface area contributed by atoms with Crippen LogP contribution in [0.25, 0.3) is 0 Å². The van der Waals surface area contributed by atoms with Crippen molar-refractivity contribution in [3.63, 3.8) is 0 Å². The maximum Gasteiger partial charge on any atom is 0.225 e. The van der Waals surface area contributed by atoms with Crippen LogP contribution in [0.15, 0.2) is 18.2 Å². The summed E-state index contributed by atoms with van der Waals surface area (Å²) in [5, 5.41) is 11.4. The molecule has 0 fully saturated rings. The van der Waals surface area contributed by atoms with Gasteiger partial charge in [0.25, 0.3) is 0 Å². The number of rotatable bonds is 3. The van der Waals surface area contributed by atoms with Gasteiger partial charge in [-0.3, -0.25) is 4.79 Å². The Kier molecular flexibility index (Phi) is 4.07. The molecule has 0 radical (unpaired) electrons. The zero-order chi connectivity index (χ0) is 12.1. The molecule has 0 aliphatic rings. The van der Waals surface area contributed by atoms with Gasteiger partial charge in [0.2, 0.25) is 5.91 Å². The molecule has 1 atom stereocenters. The van der Waals surface area contributed by atoms with E-state index in [0.717, 1.165) is 16.8 Å². The first-order valence-corrected chi connectivity index (χ1v) is 5.30. The lowest BCUT2D eigenvalue weighted by molar-refractivity contribution is -0.116. The van der Waals surface area contributed by atoms with Gasteiger partial charge in [-0.2, -0.15) is 5.26 Å². The van der Waals surface area contributed by atoms with Crippen LogP contribution < -0.4 is 5.32 Å². The summed E-state index contributed by atoms with van der Waals surface area (Å²) < 4.78 is 0. The van der Waals surface area contributed by atoms with E-state index in [1.165, 1.54) is 0 Å². The van der Waals surface area contributed by atoms with Crippen LogP contribution in [-0.2, 0) is 4.79 Å². The van der Waals surface area contributed by atoms with Crippen LogP contribution in [0.4, 0.5) is 5.69 Å². The van der Waals surface area contributed by atoms with Crippen LogP contribution in [0, 0.1) is 31.1 Å². The van der Waals surface area contributed by atoms with Crippen LogP contribution >= 0.6 is 0 Å². The molecule has 3 nitrogen and oxygen atoms in total. The fraction of sp³-hybridized carbons (Fsp3) is 0.385. The second-order valence-corrected chi connectivity index (χ2v) is 4.03. The van der Waals surface area contributed by atoms with E-state index < -0.39 is 0 Å². The molecule has 1 rings (SSSR count). The molecule has 0 aromatic heterocycles. The summed E-state index contributed by atoms with van der Waals surface area (Å²) >= 11 is 0.